The highest BCUT2D eigenvalue weighted by molar-refractivity contribution is 7.89. The highest BCUT2D eigenvalue weighted by atomic mass is 32.2. The van der Waals surface area contributed by atoms with Gasteiger partial charge in [0.05, 0.1) is 4.90 Å². The van der Waals surface area contributed by atoms with E-state index in [9.17, 15) is 18.0 Å². The lowest BCUT2D eigenvalue weighted by Gasteiger charge is -2.11. The topological polar surface area (TPSA) is 113 Å². The molecule has 1 aliphatic carbocycles. The fourth-order valence-electron chi connectivity index (χ4n) is 1.99. The van der Waals surface area contributed by atoms with E-state index >= 15 is 0 Å². The van der Waals surface area contributed by atoms with Crippen molar-refractivity contribution in [1.29, 1.82) is 0 Å². The number of amides is 1. The quantitative estimate of drug-likeness (QED) is 0.491. The number of nitrogens with one attached hydrogen (secondary N) is 2. The fourth-order valence-corrected chi connectivity index (χ4v) is 3.03. The molecule has 0 unspecified atom stereocenters. The van der Waals surface area contributed by atoms with Gasteiger partial charge in [0.1, 0.15) is 5.41 Å². The molecule has 0 aliphatic heterocycles. The van der Waals surface area contributed by atoms with Crippen molar-refractivity contribution in [2.24, 2.45) is 5.41 Å². The molecule has 0 heterocycles. The number of hydrogen-bond acceptors (Lipinski definition) is 4. The Labute approximate surface area is 128 Å². The molecule has 8 heteroatoms. The van der Waals surface area contributed by atoms with Crippen LogP contribution in [0.3, 0.4) is 0 Å². The Morgan fingerprint density at radius 3 is 2.27 bits per heavy atom. The van der Waals surface area contributed by atoms with Gasteiger partial charge in [-0.2, -0.15) is 0 Å². The Hall–Kier alpha value is -1.93. The lowest BCUT2D eigenvalue weighted by Crippen LogP contribution is -2.41. The molecule has 7 nitrogen and oxygen atoms in total. The standard InChI is InChI=1S/C14H18N2O5S/c1-10-2-4-11(5-3-10)22(20,21)16-9-8-15-12(17)14(6-7-14)13(18)19/h2-5,16H,6-9H2,1H3,(H,15,17)(H,18,19). The normalized spacial score (nSPS) is 16.0. The van der Waals surface area contributed by atoms with E-state index in [4.69, 9.17) is 5.11 Å². The number of carboxylic acid groups (broad SMARTS) is 1. The first-order valence-corrected chi connectivity index (χ1v) is 8.34. The monoisotopic (exact) mass is 326 g/mol. The van der Waals surface area contributed by atoms with E-state index in [1.165, 1.54) is 12.1 Å². The largest absolute Gasteiger partial charge is 0.480 e. The zero-order chi connectivity index (χ0) is 16.4. The van der Waals surface area contributed by atoms with Crippen molar-refractivity contribution in [3.63, 3.8) is 0 Å². The van der Waals surface area contributed by atoms with Gasteiger partial charge in [0.2, 0.25) is 15.9 Å². The summed E-state index contributed by atoms with van der Waals surface area (Å²) in [4.78, 5) is 22.8. The van der Waals surface area contributed by atoms with Crippen molar-refractivity contribution >= 4 is 21.9 Å². The minimum atomic E-state index is -3.63. The van der Waals surface area contributed by atoms with Gasteiger partial charge in [0.25, 0.3) is 0 Å². The van der Waals surface area contributed by atoms with Gasteiger partial charge >= 0.3 is 5.97 Å². The van der Waals surface area contributed by atoms with Crippen molar-refractivity contribution in [3.05, 3.63) is 29.8 Å². The second-order valence-electron chi connectivity index (χ2n) is 5.35. The summed E-state index contributed by atoms with van der Waals surface area (Å²) >= 11 is 0. The van der Waals surface area contributed by atoms with E-state index < -0.39 is 27.3 Å². The van der Waals surface area contributed by atoms with Gasteiger partial charge in [-0.25, -0.2) is 13.1 Å². The number of benzene rings is 1. The summed E-state index contributed by atoms with van der Waals surface area (Å²) in [6, 6.07) is 6.39. The van der Waals surface area contributed by atoms with Gasteiger partial charge in [0.15, 0.2) is 0 Å². The van der Waals surface area contributed by atoms with Crippen LogP contribution in [0.4, 0.5) is 0 Å². The molecule has 120 valence electrons. The summed E-state index contributed by atoms with van der Waals surface area (Å²) < 4.78 is 26.3. The molecule has 0 aromatic heterocycles. The van der Waals surface area contributed by atoms with E-state index in [0.717, 1.165) is 5.56 Å². The van der Waals surface area contributed by atoms with Gasteiger partial charge in [-0.05, 0) is 31.9 Å². The van der Waals surface area contributed by atoms with Gasteiger partial charge in [0, 0.05) is 13.1 Å². The maximum atomic E-state index is 12.0. The number of aryl methyl sites for hydroxylation is 1. The second-order valence-corrected chi connectivity index (χ2v) is 7.12. The Balaban J connectivity index is 1.82. The molecule has 0 bridgehead atoms. The Morgan fingerprint density at radius 1 is 1.18 bits per heavy atom. The fraction of sp³-hybridized carbons (Fsp3) is 0.429. The summed E-state index contributed by atoms with van der Waals surface area (Å²) in [5.41, 5.74) is -0.356. The SMILES string of the molecule is Cc1ccc(S(=O)(=O)NCCNC(=O)C2(C(=O)O)CC2)cc1. The van der Waals surface area contributed by atoms with Crippen LogP contribution >= 0.6 is 0 Å². The molecule has 1 saturated carbocycles. The predicted molar refractivity (Wildman–Crippen MR) is 78.7 cm³/mol. The average molecular weight is 326 g/mol. The van der Waals surface area contributed by atoms with Crippen molar-refractivity contribution in [1.82, 2.24) is 10.0 Å². The van der Waals surface area contributed by atoms with Crippen LogP contribution in [0.25, 0.3) is 0 Å². The molecule has 0 atom stereocenters. The summed E-state index contributed by atoms with van der Waals surface area (Å²) in [5, 5.41) is 11.4. The highest BCUT2D eigenvalue weighted by Gasteiger charge is 2.56. The summed E-state index contributed by atoms with van der Waals surface area (Å²) in [7, 11) is -3.63. The molecule has 0 saturated heterocycles. The molecule has 1 fully saturated rings. The van der Waals surface area contributed by atoms with Gasteiger partial charge < -0.3 is 10.4 Å². The molecular weight excluding hydrogens is 308 g/mol. The lowest BCUT2D eigenvalue weighted by atomic mass is 10.1. The van der Waals surface area contributed by atoms with Crippen LogP contribution < -0.4 is 10.0 Å². The molecular formula is C14H18N2O5S. The van der Waals surface area contributed by atoms with Crippen LogP contribution in [0.2, 0.25) is 0 Å². The third kappa shape index (κ3) is 3.45. The van der Waals surface area contributed by atoms with Crippen LogP contribution in [0.1, 0.15) is 18.4 Å². The predicted octanol–water partition coefficient (Wildman–Crippen LogP) is 0.254. The van der Waals surface area contributed by atoms with Crippen LogP contribution in [0.15, 0.2) is 29.2 Å². The number of carbonyl (C=O) groups is 2. The number of carboxylic acids is 1. The summed E-state index contributed by atoms with van der Waals surface area (Å²) in [6.45, 7) is 1.89. The molecule has 1 amide bonds. The smallest absolute Gasteiger partial charge is 0.319 e. The van der Waals surface area contributed by atoms with E-state index in [1.54, 1.807) is 12.1 Å². The van der Waals surface area contributed by atoms with E-state index in [0.29, 0.717) is 12.8 Å². The van der Waals surface area contributed by atoms with Crippen molar-refractivity contribution in [2.75, 3.05) is 13.1 Å². The molecule has 2 rings (SSSR count). The first kappa shape index (κ1) is 16.4. The molecule has 0 spiro atoms. The number of carbonyl (C=O) groups excluding carboxylic acids is 1. The number of rotatable bonds is 7. The second kappa shape index (κ2) is 6.05. The molecule has 3 N–H and O–H groups in total. The van der Waals surface area contributed by atoms with Gasteiger partial charge in [-0.1, -0.05) is 17.7 Å². The average Bonchev–Trinajstić information content (AvgIpc) is 3.25. The number of aliphatic carboxylic acids is 1. The maximum absolute atomic E-state index is 12.0. The Morgan fingerprint density at radius 2 is 1.77 bits per heavy atom. The minimum Gasteiger partial charge on any atom is -0.480 e. The van der Waals surface area contributed by atoms with Gasteiger partial charge in [-0.15, -0.1) is 0 Å². The lowest BCUT2D eigenvalue weighted by molar-refractivity contribution is -0.149. The molecule has 22 heavy (non-hydrogen) atoms. The van der Waals surface area contributed by atoms with Crippen LogP contribution in [-0.2, 0) is 19.6 Å². The van der Waals surface area contributed by atoms with Gasteiger partial charge in [-0.3, -0.25) is 9.59 Å². The Bertz CT molecular complexity index is 678. The highest BCUT2D eigenvalue weighted by Crippen LogP contribution is 2.45. The number of hydrogen-bond donors (Lipinski definition) is 3. The van der Waals surface area contributed by atoms with Crippen molar-refractivity contribution < 1.29 is 23.1 Å². The van der Waals surface area contributed by atoms with Crippen molar-refractivity contribution in [3.8, 4) is 0 Å². The zero-order valence-corrected chi connectivity index (χ0v) is 12.9. The first-order valence-electron chi connectivity index (χ1n) is 6.86. The van der Waals surface area contributed by atoms with E-state index in [1.807, 2.05) is 6.92 Å². The molecule has 0 radical (unpaired) electrons. The Kier molecular flexibility index (Phi) is 4.52. The van der Waals surface area contributed by atoms with Crippen LogP contribution in [0, 0.1) is 12.3 Å². The van der Waals surface area contributed by atoms with Crippen molar-refractivity contribution in [2.45, 2.75) is 24.7 Å². The zero-order valence-electron chi connectivity index (χ0n) is 12.1. The molecule has 1 aromatic carbocycles. The third-order valence-electron chi connectivity index (χ3n) is 3.63. The van der Waals surface area contributed by atoms with E-state index in [2.05, 4.69) is 10.0 Å². The minimum absolute atomic E-state index is 0.00233. The molecule has 1 aliphatic rings. The van der Waals surface area contributed by atoms with Crippen LogP contribution in [0.5, 0.6) is 0 Å². The van der Waals surface area contributed by atoms with E-state index in [-0.39, 0.29) is 18.0 Å². The first-order chi connectivity index (χ1) is 10.3. The third-order valence-corrected chi connectivity index (χ3v) is 5.10. The summed E-state index contributed by atoms with van der Waals surface area (Å²) in [6.07, 6.45) is 0.645. The summed E-state index contributed by atoms with van der Waals surface area (Å²) in [5.74, 6) is -1.69. The maximum Gasteiger partial charge on any atom is 0.319 e. The number of sulfonamides is 1. The van der Waals surface area contributed by atoms with Crippen LogP contribution in [-0.4, -0.2) is 38.5 Å². The molecule has 1 aromatic rings.